The van der Waals surface area contributed by atoms with Gasteiger partial charge in [-0.2, -0.15) is 0 Å². The summed E-state index contributed by atoms with van der Waals surface area (Å²) < 4.78 is 21.7. The summed E-state index contributed by atoms with van der Waals surface area (Å²) in [5.41, 5.74) is 0.304. The van der Waals surface area contributed by atoms with Crippen LogP contribution in [0.5, 0.6) is 0 Å². The SMILES string of the molecule is CNC(=O)[C@H]1CN(c2cc(F)c3nc(-n4ccc(=O)cc4)sc3c2)C(=O)O1. The lowest BCUT2D eigenvalue weighted by Crippen LogP contribution is -2.35. The molecule has 10 heteroatoms. The van der Waals surface area contributed by atoms with Crippen molar-refractivity contribution in [2.75, 3.05) is 18.5 Å². The number of benzene rings is 1. The van der Waals surface area contributed by atoms with E-state index in [1.165, 1.54) is 41.5 Å². The third-order valence-corrected chi connectivity index (χ3v) is 5.12. The van der Waals surface area contributed by atoms with E-state index in [0.717, 1.165) is 0 Å². The number of rotatable bonds is 3. The number of likely N-dealkylation sites (N-methyl/N-ethyl adjacent to an activating group) is 1. The topological polar surface area (TPSA) is 93.5 Å². The number of nitrogens with zero attached hydrogens (tertiary/aromatic N) is 3. The fourth-order valence-electron chi connectivity index (χ4n) is 2.74. The molecule has 0 saturated carbocycles. The number of halogens is 1. The number of carbonyl (C=O) groups excluding carboxylic acids is 2. The number of carbonyl (C=O) groups is 2. The molecular weight excluding hydrogens is 375 g/mol. The van der Waals surface area contributed by atoms with Crippen LogP contribution in [0, 0.1) is 5.82 Å². The molecule has 3 heterocycles. The zero-order valence-corrected chi connectivity index (χ0v) is 14.8. The summed E-state index contributed by atoms with van der Waals surface area (Å²) in [5.74, 6) is -1.02. The van der Waals surface area contributed by atoms with Crippen molar-refractivity contribution in [3.63, 3.8) is 0 Å². The molecule has 1 N–H and O–H groups in total. The highest BCUT2D eigenvalue weighted by Gasteiger charge is 2.37. The Morgan fingerprint density at radius 3 is 2.78 bits per heavy atom. The lowest BCUT2D eigenvalue weighted by Gasteiger charge is -2.12. The molecule has 0 unspecified atom stereocenters. The number of fused-ring (bicyclic) bond motifs is 1. The Labute approximate surface area is 155 Å². The van der Waals surface area contributed by atoms with Crippen molar-refractivity contribution in [3.8, 4) is 5.13 Å². The number of thiazole rings is 1. The minimum absolute atomic E-state index is 0.00513. The molecule has 3 aromatic rings. The van der Waals surface area contributed by atoms with Gasteiger partial charge < -0.3 is 10.1 Å². The first-order valence-corrected chi connectivity index (χ1v) is 8.76. The molecule has 4 rings (SSSR count). The molecule has 1 fully saturated rings. The largest absolute Gasteiger partial charge is 0.434 e. The summed E-state index contributed by atoms with van der Waals surface area (Å²) >= 11 is 1.21. The number of hydrogen-bond donors (Lipinski definition) is 1. The molecule has 1 aromatic carbocycles. The number of nitrogens with one attached hydrogen (secondary N) is 1. The predicted octanol–water partition coefficient (Wildman–Crippen LogP) is 1.66. The van der Waals surface area contributed by atoms with E-state index in [4.69, 9.17) is 4.74 Å². The highest BCUT2D eigenvalue weighted by atomic mass is 32.1. The molecule has 2 aromatic heterocycles. The number of ether oxygens (including phenoxy) is 1. The molecule has 0 aliphatic carbocycles. The molecule has 1 aliphatic rings. The van der Waals surface area contributed by atoms with Gasteiger partial charge in [-0.3, -0.25) is 19.1 Å². The Morgan fingerprint density at radius 2 is 2.07 bits per heavy atom. The standard InChI is InChI=1S/C17H13FN4O4S/c1-19-15(24)12-8-22(17(25)26-12)9-6-11(18)14-13(7-9)27-16(20-14)21-4-2-10(23)3-5-21/h2-7,12H,8H2,1H3,(H,19,24)/t12-/m1/s1. The van der Waals surface area contributed by atoms with Gasteiger partial charge in [0.05, 0.1) is 16.9 Å². The molecule has 0 spiro atoms. The summed E-state index contributed by atoms with van der Waals surface area (Å²) in [4.78, 5) is 40.4. The second kappa shape index (κ2) is 6.47. The van der Waals surface area contributed by atoms with Gasteiger partial charge in [0.2, 0.25) is 0 Å². The third kappa shape index (κ3) is 3.04. The summed E-state index contributed by atoms with van der Waals surface area (Å²) in [6, 6.07) is 5.57. The van der Waals surface area contributed by atoms with Crippen LogP contribution in [0.2, 0.25) is 0 Å². The lowest BCUT2D eigenvalue weighted by atomic mass is 10.2. The summed E-state index contributed by atoms with van der Waals surface area (Å²) in [6.07, 6.45) is 1.43. The molecule has 0 bridgehead atoms. The van der Waals surface area contributed by atoms with E-state index in [1.54, 1.807) is 23.0 Å². The Bertz CT molecular complexity index is 1110. The zero-order valence-electron chi connectivity index (χ0n) is 14.0. The predicted molar refractivity (Wildman–Crippen MR) is 96.9 cm³/mol. The Morgan fingerprint density at radius 1 is 1.33 bits per heavy atom. The summed E-state index contributed by atoms with van der Waals surface area (Å²) in [7, 11) is 1.44. The van der Waals surface area contributed by atoms with Crippen LogP contribution in [-0.2, 0) is 9.53 Å². The first kappa shape index (κ1) is 17.2. The second-order valence-electron chi connectivity index (χ2n) is 5.81. The average Bonchev–Trinajstić information content (AvgIpc) is 3.25. The van der Waals surface area contributed by atoms with Crippen LogP contribution >= 0.6 is 11.3 Å². The van der Waals surface area contributed by atoms with E-state index in [1.807, 2.05) is 0 Å². The monoisotopic (exact) mass is 388 g/mol. The maximum Gasteiger partial charge on any atom is 0.415 e. The van der Waals surface area contributed by atoms with Crippen LogP contribution in [-0.4, -0.2) is 41.2 Å². The van der Waals surface area contributed by atoms with Gasteiger partial charge in [-0.15, -0.1) is 0 Å². The number of amides is 2. The molecule has 2 amide bonds. The van der Waals surface area contributed by atoms with Crippen molar-refractivity contribution in [1.82, 2.24) is 14.9 Å². The second-order valence-corrected chi connectivity index (χ2v) is 6.82. The van der Waals surface area contributed by atoms with Crippen LogP contribution in [0.4, 0.5) is 14.9 Å². The molecule has 1 aliphatic heterocycles. The van der Waals surface area contributed by atoms with Gasteiger partial charge >= 0.3 is 6.09 Å². The van der Waals surface area contributed by atoms with E-state index in [9.17, 15) is 18.8 Å². The maximum absolute atomic E-state index is 14.6. The van der Waals surface area contributed by atoms with Crippen molar-refractivity contribution in [2.24, 2.45) is 0 Å². The number of cyclic esters (lactones) is 1. The van der Waals surface area contributed by atoms with Crippen LogP contribution in [0.25, 0.3) is 15.3 Å². The lowest BCUT2D eigenvalue weighted by molar-refractivity contribution is -0.127. The fourth-order valence-corrected chi connectivity index (χ4v) is 3.72. The Kier molecular flexibility index (Phi) is 4.11. The summed E-state index contributed by atoms with van der Waals surface area (Å²) in [5, 5.41) is 2.90. The Hall–Kier alpha value is -3.27. The van der Waals surface area contributed by atoms with E-state index < -0.39 is 23.9 Å². The van der Waals surface area contributed by atoms with Crippen molar-refractivity contribution in [1.29, 1.82) is 0 Å². The number of aromatic nitrogens is 2. The molecule has 1 atom stereocenters. The number of pyridine rings is 1. The first-order chi connectivity index (χ1) is 13.0. The van der Waals surface area contributed by atoms with E-state index >= 15 is 0 Å². The zero-order chi connectivity index (χ0) is 19.1. The molecule has 0 radical (unpaired) electrons. The smallest absolute Gasteiger partial charge is 0.415 e. The van der Waals surface area contributed by atoms with Crippen molar-refractivity contribution in [2.45, 2.75) is 6.10 Å². The first-order valence-electron chi connectivity index (χ1n) is 7.95. The quantitative estimate of drug-likeness (QED) is 0.737. The average molecular weight is 388 g/mol. The van der Waals surface area contributed by atoms with Crippen molar-refractivity contribution >= 4 is 39.2 Å². The third-order valence-electron chi connectivity index (χ3n) is 4.10. The molecule has 138 valence electrons. The van der Waals surface area contributed by atoms with Gasteiger partial charge in [-0.05, 0) is 6.07 Å². The number of anilines is 1. The highest BCUT2D eigenvalue weighted by Crippen LogP contribution is 2.32. The summed E-state index contributed by atoms with van der Waals surface area (Å²) in [6.45, 7) is -0.00513. The van der Waals surface area contributed by atoms with Gasteiger partial charge in [0.25, 0.3) is 5.91 Å². The van der Waals surface area contributed by atoms with Crippen LogP contribution < -0.4 is 15.6 Å². The van der Waals surface area contributed by atoms with Gasteiger partial charge in [-0.1, -0.05) is 11.3 Å². The normalized spacial score (nSPS) is 16.6. The van der Waals surface area contributed by atoms with Crippen molar-refractivity contribution < 1.29 is 18.7 Å². The minimum Gasteiger partial charge on any atom is -0.434 e. The molecule has 1 saturated heterocycles. The maximum atomic E-state index is 14.6. The fraction of sp³-hybridized carbons (Fsp3) is 0.176. The van der Waals surface area contributed by atoms with Gasteiger partial charge in [0.15, 0.2) is 22.5 Å². The molecule has 8 nitrogen and oxygen atoms in total. The molecular formula is C17H13FN4O4S. The number of hydrogen-bond acceptors (Lipinski definition) is 6. The minimum atomic E-state index is -0.945. The van der Waals surface area contributed by atoms with E-state index in [2.05, 4.69) is 10.3 Å². The van der Waals surface area contributed by atoms with Crippen molar-refractivity contribution in [3.05, 3.63) is 52.7 Å². The van der Waals surface area contributed by atoms with E-state index in [-0.39, 0.29) is 23.2 Å². The Balaban J connectivity index is 1.71. The van der Waals surface area contributed by atoms with Gasteiger partial charge in [0, 0.05) is 37.6 Å². The van der Waals surface area contributed by atoms with Crippen LogP contribution in [0.15, 0.2) is 41.5 Å². The van der Waals surface area contributed by atoms with Gasteiger partial charge in [-0.25, -0.2) is 14.2 Å². The van der Waals surface area contributed by atoms with Gasteiger partial charge in [0.1, 0.15) is 5.52 Å². The van der Waals surface area contributed by atoms with Crippen LogP contribution in [0.1, 0.15) is 0 Å². The van der Waals surface area contributed by atoms with Crippen LogP contribution in [0.3, 0.4) is 0 Å². The highest BCUT2D eigenvalue weighted by molar-refractivity contribution is 7.20. The van der Waals surface area contributed by atoms with E-state index in [0.29, 0.717) is 9.83 Å². The molecule has 27 heavy (non-hydrogen) atoms.